The van der Waals surface area contributed by atoms with Crippen LogP contribution in [0.3, 0.4) is 0 Å². The average molecular weight is 342 g/mol. The Hall–Kier alpha value is -2.93. The van der Waals surface area contributed by atoms with E-state index < -0.39 is 12.6 Å². The van der Waals surface area contributed by atoms with Gasteiger partial charge in [0.05, 0.1) is 11.3 Å². The summed E-state index contributed by atoms with van der Waals surface area (Å²) in [5.41, 5.74) is 1.85. The van der Waals surface area contributed by atoms with E-state index in [4.69, 9.17) is 9.84 Å². The number of aliphatic carboxylic acids is 1. The quantitative estimate of drug-likeness (QED) is 0.742. The molecule has 0 saturated carbocycles. The largest absolute Gasteiger partial charge is 0.481 e. The number of aryl methyl sites for hydroxylation is 1. The number of nitrogens with zero attached hydrogens (tertiary/aromatic N) is 1. The van der Waals surface area contributed by atoms with Gasteiger partial charge in [-0.3, -0.25) is 4.79 Å². The van der Waals surface area contributed by atoms with Crippen LogP contribution in [0.15, 0.2) is 41.8 Å². The zero-order valence-corrected chi connectivity index (χ0v) is 13.6. The number of fused-ring (bicyclic) bond motifs is 1. The summed E-state index contributed by atoms with van der Waals surface area (Å²) in [6.07, 6.45) is 0. The summed E-state index contributed by atoms with van der Waals surface area (Å²) in [6.45, 7) is 1.36. The highest BCUT2D eigenvalue weighted by Crippen LogP contribution is 2.32. The van der Waals surface area contributed by atoms with Gasteiger partial charge in [0.1, 0.15) is 5.75 Å². The third kappa shape index (κ3) is 3.21. The average Bonchev–Trinajstić information content (AvgIpc) is 3.00. The molecule has 3 rings (SSSR count). The number of aromatic nitrogens is 1. The van der Waals surface area contributed by atoms with Crippen molar-refractivity contribution in [3.05, 3.63) is 53.0 Å². The van der Waals surface area contributed by atoms with Gasteiger partial charge in [-0.05, 0) is 30.6 Å². The molecule has 0 bridgehead atoms. The molecule has 2 N–H and O–H groups in total. The fourth-order valence-electron chi connectivity index (χ4n) is 2.35. The normalized spacial score (nSPS) is 10.5. The van der Waals surface area contributed by atoms with Crippen molar-refractivity contribution in [3.63, 3.8) is 0 Å². The van der Waals surface area contributed by atoms with Gasteiger partial charge in [0, 0.05) is 21.8 Å². The van der Waals surface area contributed by atoms with Crippen LogP contribution in [-0.4, -0.2) is 28.0 Å². The minimum absolute atomic E-state index is 0.231. The summed E-state index contributed by atoms with van der Waals surface area (Å²) in [5, 5.41) is 14.9. The standard InChI is InChI=1S/C17H14N2O4S/c1-10-13(9-24-19-10)17(22)18-14-6-7-15(23-8-16(20)21)12-5-3-2-4-11(12)14/h2-7,9H,8H2,1H3,(H,18,22)(H,20,21). The van der Waals surface area contributed by atoms with Gasteiger partial charge in [-0.15, -0.1) is 0 Å². The lowest BCUT2D eigenvalue weighted by Gasteiger charge is -2.12. The molecular formula is C17H14N2O4S. The molecule has 1 aromatic heterocycles. The highest BCUT2D eigenvalue weighted by Gasteiger charge is 2.14. The Kier molecular flexibility index (Phi) is 4.43. The summed E-state index contributed by atoms with van der Waals surface area (Å²) in [6, 6.07) is 10.7. The van der Waals surface area contributed by atoms with Crippen molar-refractivity contribution in [1.82, 2.24) is 4.37 Å². The van der Waals surface area contributed by atoms with Crippen LogP contribution in [-0.2, 0) is 4.79 Å². The first-order valence-corrected chi connectivity index (χ1v) is 7.98. The maximum Gasteiger partial charge on any atom is 0.341 e. The van der Waals surface area contributed by atoms with Crippen LogP contribution in [0.5, 0.6) is 5.75 Å². The Labute approximate surface area is 141 Å². The van der Waals surface area contributed by atoms with Crippen molar-refractivity contribution >= 4 is 39.9 Å². The molecule has 0 saturated heterocycles. The number of hydrogen-bond donors (Lipinski definition) is 2. The third-order valence-electron chi connectivity index (χ3n) is 3.48. The lowest BCUT2D eigenvalue weighted by atomic mass is 10.1. The SMILES string of the molecule is Cc1nscc1C(=O)Nc1ccc(OCC(=O)O)c2ccccc12. The number of anilines is 1. The molecular weight excluding hydrogens is 328 g/mol. The minimum atomic E-state index is -1.04. The van der Waals surface area contributed by atoms with Crippen LogP contribution in [0.4, 0.5) is 5.69 Å². The van der Waals surface area contributed by atoms with Gasteiger partial charge in [0.2, 0.25) is 0 Å². The van der Waals surface area contributed by atoms with E-state index in [1.54, 1.807) is 24.4 Å². The molecule has 0 atom stereocenters. The van der Waals surface area contributed by atoms with Gasteiger partial charge in [-0.2, -0.15) is 4.37 Å². The van der Waals surface area contributed by atoms with Crippen LogP contribution in [0.2, 0.25) is 0 Å². The zero-order chi connectivity index (χ0) is 17.1. The molecule has 24 heavy (non-hydrogen) atoms. The maximum absolute atomic E-state index is 12.4. The second-order valence-corrected chi connectivity index (χ2v) is 5.74. The number of ether oxygens (including phenoxy) is 1. The number of carboxylic acid groups (broad SMARTS) is 1. The van der Waals surface area contributed by atoms with Crippen molar-refractivity contribution < 1.29 is 19.4 Å². The van der Waals surface area contributed by atoms with Crippen LogP contribution in [0.25, 0.3) is 10.8 Å². The van der Waals surface area contributed by atoms with E-state index in [0.717, 1.165) is 10.8 Å². The lowest BCUT2D eigenvalue weighted by Crippen LogP contribution is -2.13. The molecule has 6 nitrogen and oxygen atoms in total. The number of benzene rings is 2. The molecule has 0 aliphatic carbocycles. The summed E-state index contributed by atoms with van der Waals surface area (Å²) in [5.74, 6) is -0.818. The summed E-state index contributed by atoms with van der Waals surface area (Å²) in [4.78, 5) is 23.1. The van der Waals surface area contributed by atoms with Crippen molar-refractivity contribution in [3.8, 4) is 5.75 Å². The molecule has 7 heteroatoms. The monoisotopic (exact) mass is 342 g/mol. The molecule has 1 amide bonds. The van der Waals surface area contributed by atoms with Crippen molar-refractivity contribution in [2.24, 2.45) is 0 Å². The molecule has 122 valence electrons. The van der Waals surface area contributed by atoms with Gasteiger partial charge < -0.3 is 15.2 Å². The molecule has 0 aliphatic heterocycles. The van der Waals surface area contributed by atoms with E-state index in [9.17, 15) is 9.59 Å². The molecule has 1 heterocycles. The second-order valence-electron chi connectivity index (χ2n) is 5.11. The first-order chi connectivity index (χ1) is 11.6. The highest BCUT2D eigenvalue weighted by atomic mass is 32.1. The smallest absolute Gasteiger partial charge is 0.341 e. The number of carbonyl (C=O) groups excluding carboxylic acids is 1. The zero-order valence-electron chi connectivity index (χ0n) is 12.8. The topological polar surface area (TPSA) is 88.5 Å². The lowest BCUT2D eigenvalue weighted by molar-refractivity contribution is -0.139. The molecule has 2 aromatic carbocycles. The number of hydrogen-bond acceptors (Lipinski definition) is 5. The Morgan fingerprint density at radius 1 is 1.21 bits per heavy atom. The highest BCUT2D eigenvalue weighted by molar-refractivity contribution is 7.04. The van der Waals surface area contributed by atoms with E-state index in [-0.39, 0.29) is 5.91 Å². The Morgan fingerprint density at radius 3 is 2.62 bits per heavy atom. The molecule has 0 unspecified atom stereocenters. The second kappa shape index (κ2) is 6.67. The first kappa shape index (κ1) is 15.9. The summed E-state index contributed by atoms with van der Waals surface area (Å²) in [7, 11) is 0. The maximum atomic E-state index is 12.4. The summed E-state index contributed by atoms with van der Waals surface area (Å²) >= 11 is 1.23. The van der Waals surface area contributed by atoms with E-state index in [0.29, 0.717) is 22.7 Å². The van der Waals surface area contributed by atoms with Crippen LogP contribution >= 0.6 is 11.5 Å². The number of amides is 1. The van der Waals surface area contributed by atoms with Crippen LogP contribution < -0.4 is 10.1 Å². The van der Waals surface area contributed by atoms with Gasteiger partial charge in [-0.25, -0.2) is 4.79 Å². The number of rotatable bonds is 5. The Balaban J connectivity index is 1.95. The molecule has 3 aromatic rings. The van der Waals surface area contributed by atoms with Crippen LogP contribution in [0.1, 0.15) is 16.1 Å². The van der Waals surface area contributed by atoms with Gasteiger partial charge in [0.25, 0.3) is 5.91 Å². The van der Waals surface area contributed by atoms with Crippen LogP contribution in [0, 0.1) is 6.92 Å². The number of carboxylic acids is 1. The fourth-order valence-corrected chi connectivity index (χ4v) is 3.04. The number of carbonyl (C=O) groups is 2. The first-order valence-electron chi connectivity index (χ1n) is 7.15. The van der Waals surface area contributed by atoms with Crippen molar-refractivity contribution in [2.75, 3.05) is 11.9 Å². The van der Waals surface area contributed by atoms with Crippen molar-refractivity contribution in [2.45, 2.75) is 6.92 Å². The third-order valence-corrected chi connectivity index (χ3v) is 4.20. The van der Waals surface area contributed by atoms with E-state index in [2.05, 4.69) is 9.69 Å². The fraction of sp³-hybridized carbons (Fsp3) is 0.118. The van der Waals surface area contributed by atoms with Crippen molar-refractivity contribution in [1.29, 1.82) is 0 Å². The molecule has 0 radical (unpaired) electrons. The predicted molar refractivity (Wildman–Crippen MR) is 91.9 cm³/mol. The van der Waals surface area contributed by atoms with Gasteiger partial charge in [-0.1, -0.05) is 24.3 Å². The molecule has 0 spiro atoms. The Bertz CT molecular complexity index is 920. The Morgan fingerprint density at radius 2 is 1.96 bits per heavy atom. The number of nitrogens with one attached hydrogen (secondary N) is 1. The van der Waals surface area contributed by atoms with E-state index in [1.165, 1.54) is 11.5 Å². The molecule has 0 aliphatic rings. The van der Waals surface area contributed by atoms with E-state index in [1.807, 2.05) is 24.3 Å². The minimum Gasteiger partial charge on any atom is -0.481 e. The van der Waals surface area contributed by atoms with E-state index >= 15 is 0 Å². The summed E-state index contributed by atoms with van der Waals surface area (Å²) < 4.78 is 9.41. The van der Waals surface area contributed by atoms with Gasteiger partial charge in [0.15, 0.2) is 6.61 Å². The van der Waals surface area contributed by atoms with Gasteiger partial charge >= 0.3 is 5.97 Å². The predicted octanol–water partition coefficient (Wildman–Crippen LogP) is 3.32. The molecule has 0 fully saturated rings.